The van der Waals surface area contributed by atoms with Crippen LogP contribution in [0, 0.1) is 6.92 Å². The van der Waals surface area contributed by atoms with Gasteiger partial charge in [-0.3, -0.25) is 14.7 Å². The number of nitrogens with zero attached hydrogens (tertiary/aromatic N) is 3. The van der Waals surface area contributed by atoms with Gasteiger partial charge in [-0.25, -0.2) is 0 Å². The predicted molar refractivity (Wildman–Crippen MR) is 153 cm³/mol. The minimum Gasteiger partial charge on any atom is -0.369 e. The Morgan fingerprint density at radius 3 is 2.31 bits per heavy atom. The van der Waals surface area contributed by atoms with Crippen LogP contribution in [0.1, 0.15) is 32.0 Å². The van der Waals surface area contributed by atoms with Crippen molar-refractivity contribution in [3.63, 3.8) is 0 Å². The minimum atomic E-state index is 0. The fourth-order valence-corrected chi connectivity index (χ4v) is 6.27. The number of aliphatic imine (C=N–C) groups is 1. The van der Waals surface area contributed by atoms with E-state index in [1.54, 1.807) is 11.8 Å². The molecule has 2 heterocycles. The second kappa shape index (κ2) is 11.6. The van der Waals surface area contributed by atoms with Gasteiger partial charge in [-0.2, -0.15) is 0 Å². The number of para-hydroxylation sites is 1. The number of amides is 1. The van der Waals surface area contributed by atoms with Crippen LogP contribution in [0.2, 0.25) is 0 Å². The van der Waals surface area contributed by atoms with Gasteiger partial charge in [-0.1, -0.05) is 97.9 Å². The molecule has 0 saturated carbocycles. The maximum atomic E-state index is 13.6. The van der Waals surface area contributed by atoms with Crippen molar-refractivity contribution in [1.82, 2.24) is 4.90 Å². The summed E-state index contributed by atoms with van der Waals surface area (Å²) in [4.78, 5) is 25.6. The van der Waals surface area contributed by atoms with Gasteiger partial charge in [0.25, 0.3) is 5.91 Å². The van der Waals surface area contributed by atoms with Crippen LogP contribution < -0.4 is 4.90 Å². The highest BCUT2D eigenvalue weighted by Crippen LogP contribution is 2.45. The number of hydrogen-bond acceptors (Lipinski definition) is 5. The highest BCUT2D eigenvalue weighted by molar-refractivity contribution is 8.19. The number of carbonyl (C=O) groups is 1. The number of rotatable bonds is 4. The van der Waals surface area contributed by atoms with Crippen molar-refractivity contribution in [2.75, 3.05) is 18.5 Å². The summed E-state index contributed by atoms with van der Waals surface area (Å²) < 4.78 is 0. The number of amidine groups is 1. The Balaban J connectivity index is 0.00000117. The molecule has 4 nitrogen and oxygen atoms in total. The Morgan fingerprint density at radius 2 is 1.57 bits per heavy atom. The van der Waals surface area contributed by atoms with E-state index in [1.165, 1.54) is 27.9 Å². The van der Waals surface area contributed by atoms with E-state index in [0.717, 1.165) is 32.6 Å². The number of anilines is 1. The summed E-state index contributed by atoms with van der Waals surface area (Å²) >= 11 is 3.21. The van der Waals surface area contributed by atoms with Crippen LogP contribution in [0.15, 0.2) is 98.6 Å². The van der Waals surface area contributed by atoms with Gasteiger partial charge in [0.05, 0.1) is 30.2 Å². The molecule has 2 aliphatic heterocycles. The SMILES string of the molecule is CC.Cc1ccc(CN=C2S/C(=C3/CN(C)c4ccccc4S3)C(=O)N2Cc2ccccc2)cc1.[HH]. The summed E-state index contributed by atoms with van der Waals surface area (Å²) in [6.07, 6.45) is 0. The molecule has 5 rings (SSSR count). The first-order valence-electron chi connectivity index (χ1n) is 11.9. The van der Waals surface area contributed by atoms with Crippen LogP contribution in [0.5, 0.6) is 0 Å². The number of likely N-dealkylation sites (N-methyl/N-ethyl adjacent to an activating group) is 1. The maximum absolute atomic E-state index is 13.6. The topological polar surface area (TPSA) is 35.9 Å². The van der Waals surface area contributed by atoms with E-state index in [9.17, 15) is 4.79 Å². The average Bonchev–Trinajstić information content (AvgIpc) is 3.20. The molecule has 3 aromatic carbocycles. The van der Waals surface area contributed by atoms with Crippen LogP contribution in [-0.2, 0) is 17.9 Å². The highest BCUT2D eigenvalue weighted by atomic mass is 32.2. The van der Waals surface area contributed by atoms with Crippen molar-refractivity contribution in [1.29, 1.82) is 0 Å². The predicted octanol–water partition coefficient (Wildman–Crippen LogP) is 7.35. The van der Waals surface area contributed by atoms with Crippen LogP contribution >= 0.6 is 23.5 Å². The van der Waals surface area contributed by atoms with E-state index in [2.05, 4.69) is 73.5 Å². The highest BCUT2D eigenvalue weighted by Gasteiger charge is 2.37. The van der Waals surface area contributed by atoms with Gasteiger partial charge in [0.2, 0.25) is 0 Å². The van der Waals surface area contributed by atoms with Crippen LogP contribution in [-0.4, -0.2) is 29.6 Å². The van der Waals surface area contributed by atoms with Gasteiger partial charge in [0.15, 0.2) is 5.17 Å². The number of hydrogen-bond donors (Lipinski definition) is 0. The first-order valence-corrected chi connectivity index (χ1v) is 13.6. The molecule has 0 N–H and O–H groups in total. The Labute approximate surface area is 218 Å². The Bertz CT molecular complexity index is 1240. The fraction of sp³-hybridized carbons (Fsp3) is 0.241. The number of aryl methyl sites for hydroxylation is 1. The lowest BCUT2D eigenvalue weighted by atomic mass is 10.1. The molecule has 0 aromatic heterocycles. The molecule has 2 aliphatic rings. The molecule has 0 atom stereocenters. The lowest BCUT2D eigenvalue weighted by Gasteiger charge is -2.29. The Morgan fingerprint density at radius 1 is 0.886 bits per heavy atom. The number of carbonyl (C=O) groups excluding carboxylic acids is 1. The second-order valence-electron chi connectivity index (χ2n) is 8.24. The molecule has 0 bridgehead atoms. The van der Waals surface area contributed by atoms with Crippen molar-refractivity contribution < 1.29 is 6.22 Å². The van der Waals surface area contributed by atoms with E-state index < -0.39 is 0 Å². The number of benzene rings is 3. The van der Waals surface area contributed by atoms with Gasteiger partial charge >= 0.3 is 0 Å². The maximum Gasteiger partial charge on any atom is 0.267 e. The van der Waals surface area contributed by atoms with Crippen molar-refractivity contribution in [3.05, 3.63) is 105 Å². The molecule has 0 radical (unpaired) electrons. The molecule has 0 unspecified atom stereocenters. The van der Waals surface area contributed by atoms with Gasteiger partial charge in [-0.05, 0) is 41.9 Å². The van der Waals surface area contributed by atoms with Crippen LogP contribution in [0.25, 0.3) is 0 Å². The van der Waals surface area contributed by atoms with Crippen LogP contribution in [0.4, 0.5) is 5.69 Å². The smallest absolute Gasteiger partial charge is 0.267 e. The third-order valence-electron chi connectivity index (χ3n) is 5.71. The molecular weight excluding hydrogens is 470 g/mol. The average molecular weight is 504 g/mol. The largest absolute Gasteiger partial charge is 0.369 e. The number of fused-ring (bicyclic) bond motifs is 1. The van der Waals surface area contributed by atoms with E-state index in [4.69, 9.17) is 4.99 Å². The zero-order chi connectivity index (χ0) is 24.8. The van der Waals surface area contributed by atoms with Crippen molar-refractivity contribution in [2.45, 2.75) is 38.8 Å². The van der Waals surface area contributed by atoms with Gasteiger partial charge in [0, 0.05) is 18.3 Å². The molecule has 6 heteroatoms. The molecule has 3 aromatic rings. The summed E-state index contributed by atoms with van der Waals surface area (Å²) in [5.41, 5.74) is 4.67. The van der Waals surface area contributed by atoms with E-state index in [-0.39, 0.29) is 7.33 Å². The zero-order valence-electron chi connectivity index (χ0n) is 20.7. The van der Waals surface area contributed by atoms with Crippen molar-refractivity contribution in [2.24, 2.45) is 4.99 Å². The summed E-state index contributed by atoms with van der Waals surface area (Å²) in [6.45, 7) is 7.88. The number of thioether (sulfide) groups is 2. The van der Waals surface area contributed by atoms with E-state index in [1.807, 2.05) is 43.0 Å². The molecule has 1 amide bonds. The minimum absolute atomic E-state index is 0. The first kappa shape index (κ1) is 25.1. The van der Waals surface area contributed by atoms with Gasteiger partial charge < -0.3 is 4.90 Å². The standard InChI is InChI=1S/C27H25N3OS2.C2H6.H2/c1-19-12-14-20(15-13-19)16-28-27-30(17-21-8-4-3-5-9-21)26(31)25(33-27)24-18-29(2)22-10-6-7-11-23(22)32-24;1-2;/h3-15H,16-18H2,1-2H3;1-2H3;1H/b25-24-,28-27?;;. The Hall–Kier alpha value is -2.96. The fourth-order valence-electron chi connectivity index (χ4n) is 3.89. The zero-order valence-corrected chi connectivity index (χ0v) is 22.3. The van der Waals surface area contributed by atoms with E-state index in [0.29, 0.717) is 13.1 Å². The third kappa shape index (κ3) is 5.82. The van der Waals surface area contributed by atoms with Crippen molar-refractivity contribution >= 4 is 40.3 Å². The molecule has 182 valence electrons. The Kier molecular flexibility index (Phi) is 8.37. The molecular formula is C29H33N3OS2. The summed E-state index contributed by atoms with van der Waals surface area (Å²) in [5.74, 6) is 0.0433. The normalized spacial score (nSPS) is 18.4. The molecule has 0 spiro atoms. The molecule has 1 fully saturated rings. The third-order valence-corrected chi connectivity index (χ3v) is 8.14. The quantitative estimate of drug-likeness (QED) is 0.349. The van der Waals surface area contributed by atoms with Crippen molar-refractivity contribution in [3.8, 4) is 0 Å². The van der Waals surface area contributed by atoms with Crippen LogP contribution in [0.3, 0.4) is 0 Å². The lowest BCUT2D eigenvalue weighted by molar-refractivity contribution is -0.122. The summed E-state index contributed by atoms with van der Waals surface area (Å²) in [5, 5.41) is 0.772. The first-order chi connectivity index (χ1) is 17.1. The monoisotopic (exact) mass is 503 g/mol. The lowest BCUT2D eigenvalue weighted by Crippen LogP contribution is -2.30. The second-order valence-corrected chi connectivity index (χ2v) is 10.4. The summed E-state index contributed by atoms with van der Waals surface area (Å²) in [7, 11) is 2.08. The molecule has 35 heavy (non-hydrogen) atoms. The van der Waals surface area contributed by atoms with E-state index >= 15 is 0 Å². The van der Waals surface area contributed by atoms with Gasteiger partial charge in [-0.15, -0.1) is 0 Å². The summed E-state index contributed by atoms with van der Waals surface area (Å²) in [6, 6.07) is 26.9. The van der Waals surface area contributed by atoms with Gasteiger partial charge in [0.1, 0.15) is 0 Å². The molecule has 1 saturated heterocycles. The molecule has 0 aliphatic carbocycles.